The van der Waals surface area contributed by atoms with Crippen LogP contribution in [0.1, 0.15) is 207 Å². The predicted octanol–water partition coefficient (Wildman–Crippen LogP) is 13.6. The van der Waals surface area contributed by atoms with Gasteiger partial charge in [-0.15, -0.1) is 0 Å². The molecular formula is C36H76S2Sn. The van der Waals surface area contributed by atoms with E-state index in [0.717, 1.165) is 11.5 Å². The van der Waals surface area contributed by atoms with E-state index in [-0.39, 0.29) is 21.1 Å². The first-order chi connectivity index (χ1) is 19.2. The van der Waals surface area contributed by atoms with Crippen molar-refractivity contribution in [3.63, 3.8) is 0 Å². The Morgan fingerprint density at radius 3 is 0.718 bits per heavy atom. The Morgan fingerprint density at radius 2 is 0.487 bits per heavy atom. The van der Waals surface area contributed by atoms with Crippen LogP contribution in [-0.2, 0) is 25.3 Å². The van der Waals surface area contributed by atoms with Crippen LogP contribution < -0.4 is 0 Å². The quantitative estimate of drug-likeness (QED) is 0.0418. The van der Waals surface area contributed by atoms with Gasteiger partial charge in [-0.3, -0.25) is 0 Å². The van der Waals surface area contributed by atoms with Crippen molar-refractivity contribution in [2.45, 2.75) is 216 Å². The molecule has 0 unspecified atom stereocenters. The Balaban J connectivity index is -0.000000498. The fourth-order valence-corrected chi connectivity index (χ4v) is 8.63. The summed E-state index contributed by atoms with van der Waals surface area (Å²) >= 11 is 9.90. The molecule has 0 nitrogen and oxygen atoms in total. The average molecular weight is 692 g/mol. The van der Waals surface area contributed by atoms with Gasteiger partial charge in [0.2, 0.25) is 0 Å². The van der Waals surface area contributed by atoms with Gasteiger partial charge in [-0.05, 0) is 0 Å². The summed E-state index contributed by atoms with van der Waals surface area (Å²) in [5.74, 6) is 1.91. The van der Waals surface area contributed by atoms with Gasteiger partial charge < -0.3 is 25.3 Å². The molecular weight excluding hydrogens is 615 g/mol. The van der Waals surface area contributed by atoms with Crippen molar-refractivity contribution in [1.29, 1.82) is 0 Å². The van der Waals surface area contributed by atoms with Gasteiger partial charge in [0.1, 0.15) is 0 Å². The molecule has 3 heteroatoms. The van der Waals surface area contributed by atoms with Gasteiger partial charge in [0.05, 0.1) is 0 Å². The fraction of sp³-hybridized carbons (Fsp3) is 1.00. The van der Waals surface area contributed by atoms with Crippen LogP contribution in [0.4, 0.5) is 0 Å². The molecule has 0 spiro atoms. The van der Waals surface area contributed by atoms with E-state index in [1.807, 2.05) is 0 Å². The van der Waals surface area contributed by atoms with Crippen LogP contribution in [0.2, 0.25) is 8.87 Å². The molecule has 236 valence electrons. The van der Waals surface area contributed by atoms with Crippen LogP contribution in [0.15, 0.2) is 0 Å². The zero-order valence-corrected chi connectivity index (χ0v) is 32.4. The SMILES string of the molecule is CCCCCCCCCCCC[S-].CCCCCCCCCCCC[S-].CCCCC[CH2][Sn+2][CH2]CCCCC. The second-order valence-corrected chi connectivity index (χ2v) is 16.7. The van der Waals surface area contributed by atoms with Crippen LogP contribution in [-0.4, -0.2) is 32.6 Å². The summed E-state index contributed by atoms with van der Waals surface area (Å²) in [6.07, 6.45) is 39.9. The van der Waals surface area contributed by atoms with Crippen molar-refractivity contribution in [2.24, 2.45) is 0 Å². The van der Waals surface area contributed by atoms with Gasteiger partial charge in [-0.25, -0.2) is 0 Å². The van der Waals surface area contributed by atoms with E-state index in [9.17, 15) is 0 Å². The molecule has 0 aromatic rings. The topological polar surface area (TPSA) is 0 Å². The van der Waals surface area contributed by atoms with Crippen LogP contribution in [0.5, 0.6) is 0 Å². The molecule has 0 amide bonds. The van der Waals surface area contributed by atoms with Crippen molar-refractivity contribution in [3.05, 3.63) is 0 Å². The normalized spacial score (nSPS) is 10.4. The van der Waals surface area contributed by atoms with Crippen molar-refractivity contribution >= 4 is 46.4 Å². The van der Waals surface area contributed by atoms with Gasteiger partial charge >= 0.3 is 95.2 Å². The summed E-state index contributed by atoms with van der Waals surface area (Å²) in [6, 6.07) is 0. The number of rotatable bonds is 30. The number of hydrogen-bond acceptors (Lipinski definition) is 2. The molecule has 0 saturated carbocycles. The van der Waals surface area contributed by atoms with Gasteiger partial charge in [0.15, 0.2) is 0 Å². The van der Waals surface area contributed by atoms with Crippen molar-refractivity contribution in [2.75, 3.05) is 11.5 Å². The summed E-state index contributed by atoms with van der Waals surface area (Å²) in [4.78, 5) is 0. The summed E-state index contributed by atoms with van der Waals surface area (Å²) in [5, 5.41) is 0. The Bertz CT molecular complexity index is 269. The Labute approximate surface area is 272 Å². The molecule has 0 atom stereocenters. The standard InChI is InChI=1S/2C12H26S.2C6H13.Sn/c2*1-2-3-4-5-6-7-8-9-10-11-12-13;2*1-3-5-6-4-2;/h2*13H,2-12H2,1H3;2*1,3-6H2,2H3;/q;;;;+2/p-2. The zero-order chi connectivity index (χ0) is 29.3. The summed E-state index contributed by atoms with van der Waals surface area (Å²) in [5.41, 5.74) is 0. The molecule has 0 heterocycles. The van der Waals surface area contributed by atoms with E-state index in [1.165, 1.54) is 167 Å². The van der Waals surface area contributed by atoms with Crippen LogP contribution in [0.3, 0.4) is 0 Å². The first-order valence-corrected chi connectivity index (χ1v) is 23.3. The maximum absolute atomic E-state index is 4.90. The number of hydrogen-bond donors (Lipinski definition) is 0. The molecule has 0 aromatic carbocycles. The predicted molar refractivity (Wildman–Crippen MR) is 192 cm³/mol. The molecule has 0 saturated heterocycles. The monoisotopic (exact) mass is 692 g/mol. The summed E-state index contributed by atoms with van der Waals surface area (Å²) in [6.45, 7) is 9.14. The van der Waals surface area contributed by atoms with Gasteiger partial charge in [-0.2, -0.15) is 11.5 Å². The third kappa shape index (κ3) is 56.0. The van der Waals surface area contributed by atoms with Crippen molar-refractivity contribution in [3.8, 4) is 0 Å². The first-order valence-electron chi connectivity index (χ1n) is 18.1. The van der Waals surface area contributed by atoms with E-state index >= 15 is 0 Å². The van der Waals surface area contributed by atoms with Crippen molar-refractivity contribution < 1.29 is 0 Å². The third-order valence-electron chi connectivity index (χ3n) is 7.41. The molecule has 0 N–H and O–H groups in total. The first kappa shape index (κ1) is 44.9. The molecule has 0 aliphatic heterocycles. The summed E-state index contributed by atoms with van der Waals surface area (Å²) in [7, 11) is 0. The Morgan fingerprint density at radius 1 is 0.282 bits per heavy atom. The fourth-order valence-electron chi connectivity index (χ4n) is 4.66. The molecule has 0 bridgehead atoms. The average Bonchev–Trinajstić information content (AvgIpc) is 2.95. The second kappa shape index (κ2) is 49.2. The van der Waals surface area contributed by atoms with Gasteiger partial charge in [-0.1, -0.05) is 142 Å². The minimum absolute atomic E-state index is 0.104. The molecule has 0 aliphatic rings. The van der Waals surface area contributed by atoms with Crippen LogP contribution in [0, 0.1) is 0 Å². The van der Waals surface area contributed by atoms with E-state index < -0.39 is 0 Å². The Kier molecular flexibility index (Phi) is 56.7. The maximum atomic E-state index is 4.90. The van der Waals surface area contributed by atoms with Gasteiger partial charge in [0.25, 0.3) is 0 Å². The molecule has 0 rings (SSSR count). The summed E-state index contributed by atoms with van der Waals surface area (Å²) < 4.78 is 3.30. The third-order valence-corrected chi connectivity index (χ3v) is 12.0. The van der Waals surface area contributed by atoms with Gasteiger partial charge in [0, 0.05) is 0 Å². The Hall–Kier alpha value is 1.50. The molecule has 0 aliphatic carbocycles. The van der Waals surface area contributed by atoms with E-state index in [1.54, 1.807) is 21.7 Å². The van der Waals surface area contributed by atoms with Crippen LogP contribution in [0.25, 0.3) is 0 Å². The molecule has 0 fully saturated rings. The minimum atomic E-state index is 0.104. The van der Waals surface area contributed by atoms with Crippen molar-refractivity contribution in [1.82, 2.24) is 0 Å². The van der Waals surface area contributed by atoms with E-state index in [0.29, 0.717) is 0 Å². The van der Waals surface area contributed by atoms with Crippen LogP contribution >= 0.6 is 0 Å². The molecule has 0 radical (unpaired) electrons. The second-order valence-electron chi connectivity index (χ2n) is 11.6. The zero-order valence-electron chi connectivity index (χ0n) is 27.9. The van der Waals surface area contributed by atoms with E-state index in [4.69, 9.17) is 25.3 Å². The molecule has 39 heavy (non-hydrogen) atoms. The number of unbranched alkanes of at least 4 members (excludes halogenated alkanes) is 24. The molecule has 0 aromatic heterocycles. The van der Waals surface area contributed by atoms with E-state index in [2.05, 4.69) is 27.7 Å².